The number of rotatable bonds is 3. The van der Waals surface area contributed by atoms with Gasteiger partial charge in [-0.05, 0) is 49.8 Å². The molecule has 2 aliphatic rings. The Kier molecular flexibility index (Phi) is 4.52. The Balaban J connectivity index is 1.55. The molecule has 0 radical (unpaired) electrons. The molecule has 0 N–H and O–H groups in total. The normalized spacial score (nSPS) is 22.9. The van der Waals surface area contributed by atoms with E-state index in [1.165, 1.54) is 55.9 Å². The lowest BCUT2D eigenvalue weighted by Crippen LogP contribution is -2.48. The van der Waals surface area contributed by atoms with E-state index < -0.39 is 4.92 Å². The smallest absolute Gasteiger partial charge is 0.358 e. The summed E-state index contributed by atoms with van der Waals surface area (Å²) in [7, 11) is 0. The molecule has 2 fully saturated rings. The predicted molar refractivity (Wildman–Crippen MR) is 94.9 cm³/mol. The standard InChI is InChI=1S/C17H24N6O2/c24-23(25)17-12-18-15-7-8-16(19-22(15)17)21-11-5-6-14(13-21)20-9-3-1-2-4-10-20/h7-8,12,14H,1-6,9-11,13H2. The molecule has 8 heteroatoms. The Labute approximate surface area is 146 Å². The number of fused-ring (bicyclic) bond motifs is 1. The summed E-state index contributed by atoms with van der Waals surface area (Å²) in [6, 6.07) is 4.30. The van der Waals surface area contributed by atoms with Crippen molar-refractivity contribution in [1.82, 2.24) is 19.5 Å². The molecule has 0 bridgehead atoms. The molecule has 2 saturated heterocycles. The Bertz CT molecular complexity index is 753. The molecule has 134 valence electrons. The minimum absolute atomic E-state index is 0.0853. The molecule has 2 aromatic heterocycles. The van der Waals surface area contributed by atoms with Gasteiger partial charge in [0.25, 0.3) is 0 Å². The van der Waals surface area contributed by atoms with Crippen LogP contribution in [-0.4, -0.2) is 56.6 Å². The maximum Gasteiger partial charge on any atom is 0.368 e. The number of aromatic nitrogens is 3. The minimum atomic E-state index is -0.437. The van der Waals surface area contributed by atoms with Crippen LogP contribution in [0.2, 0.25) is 0 Å². The fourth-order valence-electron chi connectivity index (χ4n) is 4.07. The monoisotopic (exact) mass is 344 g/mol. The van der Waals surface area contributed by atoms with Gasteiger partial charge in [0.05, 0.1) is 0 Å². The largest absolute Gasteiger partial charge is 0.368 e. The first-order chi connectivity index (χ1) is 12.2. The molecule has 0 amide bonds. The molecular formula is C17H24N6O2. The van der Waals surface area contributed by atoms with E-state index in [2.05, 4.69) is 19.9 Å². The van der Waals surface area contributed by atoms with E-state index in [9.17, 15) is 10.1 Å². The SMILES string of the molecule is O=[N+]([O-])c1cnc2ccc(N3CCCC(N4CCCCCC4)C3)nn12. The molecule has 0 spiro atoms. The highest BCUT2D eigenvalue weighted by atomic mass is 16.6. The first-order valence-corrected chi connectivity index (χ1v) is 9.20. The van der Waals surface area contributed by atoms with Crippen LogP contribution in [0.4, 0.5) is 11.6 Å². The molecule has 4 heterocycles. The Hall–Kier alpha value is -2.22. The van der Waals surface area contributed by atoms with Gasteiger partial charge in [0.15, 0.2) is 5.82 Å². The molecule has 25 heavy (non-hydrogen) atoms. The third kappa shape index (κ3) is 3.30. The van der Waals surface area contributed by atoms with Crippen LogP contribution in [-0.2, 0) is 0 Å². The fraction of sp³-hybridized carbons (Fsp3) is 0.647. The van der Waals surface area contributed by atoms with Crippen LogP contribution in [0.3, 0.4) is 0 Å². The number of piperidine rings is 1. The summed E-state index contributed by atoms with van der Waals surface area (Å²) in [5.74, 6) is 0.714. The van der Waals surface area contributed by atoms with Crippen LogP contribution >= 0.6 is 0 Å². The van der Waals surface area contributed by atoms with E-state index in [0.29, 0.717) is 11.7 Å². The number of nitrogens with zero attached hydrogens (tertiary/aromatic N) is 6. The Morgan fingerprint density at radius 1 is 1.08 bits per heavy atom. The summed E-state index contributed by atoms with van der Waals surface area (Å²) in [6.45, 7) is 4.28. The van der Waals surface area contributed by atoms with E-state index in [-0.39, 0.29) is 5.82 Å². The summed E-state index contributed by atoms with van der Waals surface area (Å²) < 4.78 is 1.34. The van der Waals surface area contributed by atoms with Gasteiger partial charge in [0, 0.05) is 25.2 Å². The molecule has 8 nitrogen and oxygen atoms in total. The molecule has 0 aromatic carbocycles. The van der Waals surface area contributed by atoms with Crippen molar-refractivity contribution in [2.24, 2.45) is 0 Å². The molecule has 2 aliphatic heterocycles. The topological polar surface area (TPSA) is 79.8 Å². The second-order valence-corrected chi connectivity index (χ2v) is 7.03. The van der Waals surface area contributed by atoms with Crippen LogP contribution in [0, 0.1) is 10.1 Å². The van der Waals surface area contributed by atoms with Gasteiger partial charge in [-0.3, -0.25) is 4.90 Å². The lowest BCUT2D eigenvalue weighted by atomic mass is 10.0. The van der Waals surface area contributed by atoms with Crippen molar-refractivity contribution in [2.75, 3.05) is 31.1 Å². The van der Waals surface area contributed by atoms with Crippen LogP contribution in [0.15, 0.2) is 18.3 Å². The van der Waals surface area contributed by atoms with Crippen molar-refractivity contribution in [3.8, 4) is 0 Å². The van der Waals surface area contributed by atoms with Gasteiger partial charge in [-0.25, -0.2) is 4.98 Å². The summed E-state index contributed by atoms with van der Waals surface area (Å²) >= 11 is 0. The van der Waals surface area contributed by atoms with Gasteiger partial charge in [-0.15, -0.1) is 0 Å². The third-order valence-corrected chi connectivity index (χ3v) is 5.39. The highest BCUT2D eigenvalue weighted by Crippen LogP contribution is 2.24. The molecule has 1 unspecified atom stereocenters. The maximum atomic E-state index is 11.1. The van der Waals surface area contributed by atoms with Crippen molar-refractivity contribution in [1.29, 1.82) is 0 Å². The Morgan fingerprint density at radius 2 is 1.88 bits per heavy atom. The van der Waals surface area contributed by atoms with Crippen LogP contribution in [0.1, 0.15) is 38.5 Å². The van der Waals surface area contributed by atoms with E-state index in [1.807, 2.05) is 12.1 Å². The van der Waals surface area contributed by atoms with Crippen molar-refractivity contribution < 1.29 is 4.92 Å². The van der Waals surface area contributed by atoms with E-state index >= 15 is 0 Å². The van der Waals surface area contributed by atoms with Gasteiger partial charge >= 0.3 is 5.82 Å². The Morgan fingerprint density at radius 3 is 2.64 bits per heavy atom. The number of hydrogen-bond donors (Lipinski definition) is 0. The van der Waals surface area contributed by atoms with Crippen molar-refractivity contribution in [2.45, 2.75) is 44.6 Å². The van der Waals surface area contributed by atoms with Gasteiger partial charge in [-0.1, -0.05) is 22.5 Å². The zero-order valence-corrected chi connectivity index (χ0v) is 14.4. The zero-order valence-electron chi connectivity index (χ0n) is 14.4. The number of nitro groups is 1. The second-order valence-electron chi connectivity index (χ2n) is 7.03. The van der Waals surface area contributed by atoms with Crippen LogP contribution < -0.4 is 4.90 Å². The van der Waals surface area contributed by atoms with E-state index in [4.69, 9.17) is 0 Å². The lowest BCUT2D eigenvalue weighted by Gasteiger charge is -2.39. The number of imidazole rings is 1. The molecule has 1 atom stereocenters. The van der Waals surface area contributed by atoms with Crippen molar-refractivity contribution in [3.63, 3.8) is 0 Å². The van der Waals surface area contributed by atoms with E-state index in [0.717, 1.165) is 25.3 Å². The minimum Gasteiger partial charge on any atom is -0.358 e. The average molecular weight is 344 g/mol. The predicted octanol–water partition coefficient (Wildman–Crippen LogP) is 2.48. The molecular weight excluding hydrogens is 320 g/mol. The van der Waals surface area contributed by atoms with Gasteiger partial charge < -0.3 is 15.0 Å². The quantitative estimate of drug-likeness (QED) is 0.629. The van der Waals surface area contributed by atoms with Crippen molar-refractivity contribution >= 4 is 17.3 Å². The fourth-order valence-corrected chi connectivity index (χ4v) is 4.07. The van der Waals surface area contributed by atoms with Gasteiger partial charge in [-0.2, -0.15) is 0 Å². The van der Waals surface area contributed by atoms with E-state index in [1.54, 1.807) is 0 Å². The first kappa shape index (κ1) is 16.3. The molecule has 0 saturated carbocycles. The average Bonchev–Trinajstić information content (AvgIpc) is 2.87. The van der Waals surface area contributed by atoms with Gasteiger partial charge in [0.2, 0.25) is 5.65 Å². The second kappa shape index (κ2) is 6.95. The summed E-state index contributed by atoms with van der Waals surface area (Å²) in [5, 5.41) is 15.6. The molecule has 0 aliphatic carbocycles. The molecule has 2 aromatic rings. The summed E-state index contributed by atoms with van der Waals surface area (Å²) in [6.07, 6.45) is 8.90. The highest BCUT2D eigenvalue weighted by Gasteiger charge is 2.27. The number of anilines is 1. The summed E-state index contributed by atoms with van der Waals surface area (Å²) in [4.78, 5) is 19.7. The van der Waals surface area contributed by atoms with Crippen LogP contribution in [0.25, 0.3) is 5.65 Å². The summed E-state index contributed by atoms with van der Waals surface area (Å²) in [5.41, 5.74) is 0.511. The lowest BCUT2D eigenvalue weighted by molar-refractivity contribution is -0.391. The van der Waals surface area contributed by atoms with Crippen LogP contribution in [0.5, 0.6) is 0 Å². The van der Waals surface area contributed by atoms with Gasteiger partial charge in [0.1, 0.15) is 6.20 Å². The molecule has 4 rings (SSSR count). The highest BCUT2D eigenvalue weighted by molar-refractivity contribution is 5.49. The number of likely N-dealkylation sites (tertiary alicyclic amines) is 1. The maximum absolute atomic E-state index is 11.1. The zero-order chi connectivity index (χ0) is 17.2. The number of hydrogen-bond acceptors (Lipinski definition) is 6. The van der Waals surface area contributed by atoms with Crippen molar-refractivity contribution in [3.05, 3.63) is 28.4 Å². The first-order valence-electron chi connectivity index (χ1n) is 9.20. The third-order valence-electron chi connectivity index (χ3n) is 5.39.